The number of nitrogens with zero attached hydrogens (tertiary/aromatic N) is 2. The Morgan fingerprint density at radius 2 is 2.14 bits per heavy atom. The molecule has 2 heterocycles. The third kappa shape index (κ3) is 1.46. The third-order valence-corrected chi connectivity index (χ3v) is 2.40. The SMILES string of the molecule is CC(C)c1nc(Cl)c2c(n1)NC(=O)C2. The van der Waals surface area contributed by atoms with Crippen molar-refractivity contribution in [3.63, 3.8) is 0 Å². The molecule has 0 saturated heterocycles. The molecule has 74 valence electrons. The molecule has 5 heteroatoms. The molecule has 0 aromatic carbocycles. The number of hydrogen-bond acceptors (Lipinski definition) is 3. The highest BCUT2D eigenvalue weighted by molar-refractivity contribution is 6.31. The van der Waals surface area contributed by atoms with Crippen molar-refractivity contribution in [3.8, 4) is 0 Å². The van der Waals surface area contributed by atoms with Gasteiger partial charge in [0.15, 0.2) is 0 Å². The van der Waals surface area contributed by atoms with E-state index in [9.17, 15) is 4.79 Å². The van der Waals surface area contributed by atoms with Crippen molar-refractivity contribution in [2.45, 2.75) is 26.2 Å². The molecule has 0 aliphatic carbocycles. The predicted octanol–water partition coefficient (Wildman–Crippen LogP) is 1.75. The lowest BCUT2D eigenvalue weighted by Crippen LogP contribution is -2.05. The van der Waals surface area contributed by atoms with Crippen LogP contribution in [0.2, 0.25) is 5.15 Å². The largest absolute Gasteiger partial charge is 0.310 e. The first-order chi connectivity index (χ1) is 6.58. The van der Waals surface area contributed by atoms with Crippen molar-refractivity contribution in [3.05, 3.63) is 16.5 Å². The Morgan fingerprint density at radius 3 is 2.79 bits per heavy atom. The van der Waals surface area contributed by atoms with Crippen molar-refractivity contribution in [2.75, 3.05) is 5.32 Å². The Morgan fingerprint density at radius 1 is 1.43 bits per heavy atom. The summed E-state index contributed by atoms with van der Waals surface area (Å²) in [5.74, 6) is 1.36. The van der Waals surface area contributed by atoms with Gasteiger partial charge in [0, 0.05) is 11.5 Å². The zero-order valence-electron chi connectivity index (χ0n) is 7.97. The van der Waals surface area contributed by atoms with Gasteiger partial charge in [0.1, 0.15) is 16.8 Å². The highest BCUT2D eigenvalue weighted by Crippen LogP contribution is 2.28. The monoisotopic (exact) mass is 211 g/mol. The van der Waals surface area contributed by atoms with Gasteiger partial charge in [-0.25, -0.2) is 9.97 Å². The lowest BCUT2D eigenvalue weighted by Gasteiger charge is -2.06. The van der Waals surface area contributed by atoms with E-state index in [0.29, 0.717) is 22.4 Å². The van der Waals surface area contributed by atoms with Gasteiger partial charge in [-0.2, -0.15) is 0 Å². The Balaban J connectivity index is 2.51. The van der Waals surface area contributed by atoms with Crippen LogP contribution in [0.5, 0.6) is 0 Å². The second-order valence-electron chi connectivity index (χ2n) is 3.58. The molecule has 1 aliphatic rings. The number of amides is 1. The van der Waals surface area contributed by atoms with Crippen LogP contribution >= 0.6 is 11.6 Å². The molecule has 1 N–H and O–H groups in total. The van der Waals surface area contributed by atoms with E-state index in [1.807, 2.05) is 13.8 Å². The molecule has 1 aromatic rings. The van der Waals surface area contributed by atoms with Crippen LogP contribution in [-0.2, 0) is 11.2 Å². The number of hydrogen-bond donors (Lipinski definition) is 1. The highest BCUT2D eigenvalue weighted by atomic mass is 35.5. The van der Waals surface area contributed by atoms with Crippen molar-refractivity contribution in [1.82, 2.24) is 9.97 Å². The minimum atomic E-state index is -0.0721. The molecule has 0 fully saturated rings. The van der Waals surface area contributed by atoms with Crippen molar-refractivity contribution >= 4 is 23.3 Å². The standard InChI is InChI=1S/C9H10ClN3O/c1-4(2)8-12-7(10)5-3-6(14)11-9(5)13-8/h4H,3H2,1-2H3,(H,11,12,13,14). The van der Waals surface area contributed by atoms with Crippen LogP contribution in [0, 0.1) is 0 Å². The maximum absolute atomic E-state index is 11.1. The van der Waals surface area contributed by atoms with Gasteiger partial charge in [-0.05, 0) is 0 Å². The van der Waals surface area contributed by atoms with Gasteiger partial charge < -0.3 is 5.32 Å². The topological polar surface area (TPSA) is 54.9 Å². The number of nitrogens with one attached hydrogen (secondary N) is 1. The van der Waals surface area contributed by atoms with E-state index in [-0.39, 0.29) is 18.2 Å². The molecule has 0 atom stereocenters. The van der Waals surface area contributed by atoms with Crippen molar-refractivity contribution in [2.24, 2.45) is 0 Å². The molecule has 0 unspecified atom stereocenters. The van der Waals surface area contributed by atoms with E-state index in [1.165, 1.54) is 0 Å². The maximum atomic E-state index is 11.1. The first-order valence-electron chi connectivity index (χ1n) is 4.44. The molecule has 1 aliphatic heterocycles. The van der Waals surface area contributed by atoms with E-state index in [4.69, 9.17) is 11.6 Å². The Kier molecular flexibility index (Phi) is 2.15. The number of fused-ring (bicyclic) bond motifs is 1. The fourth-order valence-corrected chi connectivity index (χ4v) is 1.57. The number of rotatable bonds is 1. The minimum absolute atomic E-state index is 0.0721. The van der Waals surface area contributed by atoms with Gasteiger partial charge >= 0.3 is 0 Å². The molecular weight excluding hydrogens is 202 g/mol. The van der Waals surface area contributed by atoms with Gasteiger partial charge in [-0.1, -0.05) is 25.4 Å². The minimum Gasteiger partial charge on any atom is -0.310 e. The summed E-state index contributed by atoms with van der Waals surface area (Å²) in [5.41, 5.74) is 0.709. The molecule has 0 bridgehead atoms. The second kappa shape index (κ2) is 3.20. The lowest BCUT2D eigenvalue weighted by molar-refractivity contribution is -0.115. The predicted molar refractivity (Wildman–Crippen MR) is 53.5 cm³/mol. The average molecular weight is 212 g/mol. The normalized spacial score (nSPS) is 14.4. The average Bonchev–Trinajstić information content (AvgIpc) is 2.45. The van der Waals surface area contributed by atoms with Crippen LogP contribution in [0.4, 0.5) is 5.82 Å². The number of carbonyl (C=O) groups is 1. The molecule has 14 heavy (non-hydrogen) atoms. The highest BCUT2D eigenvalue weighted by Gasteiger charge is 2.24. The Bertz CT molecular complexity index is 403. The Labute approximate surface area is 86.7 Å². The summed E-state index contributed by atoms with van der Waals surface area (Å²) in [4.78, 5) is 19.5. The lowest BCUT2D eigenvalue weighted by atomic mass is 10.2. The first-order valence-corrected chi connectivity index (χ1v) is 4.82. The van der Waals surface area contributed by atoms with Gasteiger partial charge in [-0.3, -0.25) is 4.79 Å². The molecule has 4 nitrogen and oxygen atoms in total. The summed E-state index contributed by atoms with van der Waals surface area (Å²) in [6, 6.07) is 0. The van der Waals surface area contributed by atoms with Crippen LogP contribution in [-0.4, -0.2) is 15.9 Å². The molecule has 1 amide bonds. The fraction of sp³-hybridized carbons (Fsp3) is 0.444. The van der Waals surface area contributed by atoms with Crippen LogP contribution < -0.4 is 5.32 Å². The summed E-state index contributed by atoms with van der Waals surface area (Å²) >= 11 is 5.94. The number of halogens is 1. The van der Waals surface area contributed by atoms with Crippen LogP contribution in [0.1, 0.15) is 31.2 Å². The molecule has 1 aromatic heterocycles. The zero-order chi connectivity index (χ0) is 10.3. The number of carbonyl (C=O) groups excluding carboxylic acids is 1. The van der Waals surface area contributed by atoms with Crippen LogP contribution in [0.25, 0.3) is 0 Å². The van der Waals surface area contributed by atoms with Crippen molar-refractivity contribution < 1.29 is 4.79 Å². The Hall–Kier alpha value is -1.16. The summed E-state index contributed by atoms with van der Waals surface area (Å²) in [7, 11) is 0. The van der Waals surface area contributed by atoms with E-state index in [1.54, 1.807) is 0 Å². The van der Waals surface area contributed by atoms with Gasteiger partial charge in [0.2, 0.25) is 5.91 Å². The number of anilines is 1. The van der Waals surface area contributed by atoms with Crippen molar-refractivity contribution in [1.29, 1.82) is 0 Å². The van der Waals surface area contributed by atoms with Crippen LogP contribution in [0.15, 0.2) is 0 Å². The van der Waals surface area contributed by atoms with E-state index in [2.05, 4.69) is 15.3 Å². The summed E-state index contributed by atoms with van der Waals surface area (Å²) in [5, 5.41) is 3.05. The third-order valence-electron chi connectivity index (χ3n) is 2.09. The fourth-order valence-electron chi connectivity index (χ4n) is 1.33. The molecule has 0 saturated carbocycles. The maximum Gasteiger partial charge on any atom is 0.230 e. The molecule has 0 radical (unpaired) electrons. The van der Waals surface area contributed by atoms with Gasteiger partial charge in [0.25, 0.3) is 0 Å². The van der Waals surface area contributed by atoms with Gasteiger partial charge in [-0.15, -0.1) is 0 Å². The summed E-state index contributed by atoms with van der Waals surface area (Å²) < 4.78 is 0. The second-order valence-corrected chi connectivity index (χ2v) is 3.94. The van der Waals surface area contributed by atoms with E-state index in [0.717, 1.165) is 0 Å². The van der Waals surface area contributed by atoms with Gasteiger partial charge in [0.05, 0.1) is 6.42 Å². The quantitative estimate of drug-likeness (QED) is 0.720. The summed E-state index contributed by atoms with van der Waals surface area (Å²) in [6.45, 7) is 3.96. The molecule has 2 rings (SSSR count). The van der Waals surface area contributed by atoms with Crippen LogP contribution in [0.3, 0.4) is 0 Å². The zero-order valence-corrected chi connectivity index (χ0v) is 8.72. The van der Waals surface area contributed by atoms with E-state index >= 15 is 0 Å². The van der Waals surface area contributed by atoms with E-state index < -0.39 is 0 Å². The molecular formula is C9H10ClN3O. The number of aromatic nitrogens is 2. The first kappa shape index (κ1) is 9.40. The smallest absolute Gasteiger partial charge is 0.230 e. The molecule has 0 spiro atoms. The summed E-state index contributed by atoms with van der Waals surface area (Å²) in [6.07, 6.45) is 0.284.